The van der Waals surface area contributed by atoms with Gasteiger partial charge in [0, 0.05) is 22.7 Å². The molecule has 0 bridgehead atoms. The molecular weight excluding hydrogens is 330 g/mol. The average molecular weight is 349 g/mol. The Balaban J connectivity index is 1.86. The van der Waals surface area contributed by atoms with E-state index in [1.807, 2.05) is 26.8 Å². The molecule has 1 amide bonds. The van der Waals surface area contributed by atoms with E-state index in [2.05, 4.69) is 15.3 Å². The number of thioether (sulfide) groups is 1. The van der Waals surface area contributed by atoms with Gasteiger partial charge in [-0.25, -0.2) is 9.97 Å². The number of nitrogens with one attached hydrogen (secondary N) is 1. The van der Waals surface area contributed by atoms with Crippen LogP contribution in [0.5, 0.6) is 0 Å². The van der Waals surface area contributed by atoms with Crippen LogP contribution in [0.2, 0.25) is 0 Å². The van der Waals surface area contributed by atoms with Crippen LogP contribution in [-0.4, -0.2) is 27.4 Å². The number of nitrogens with zero attached hydrogens (tertiary/aromatic N) is 2. The number of Topliss-reactive ketones (excluding diaryl/α,β-unsaturated/α-hetero) is 1. The van der Waals surface area contributed by atoms with Gasteiger partial charge in [-0.1, -0.05) is 32.5 Å². The number of ketones is 1. The number of aromatic nitrogens is 2. The van der Waals surface area contributed by atoms with Crippen LogP contribution in [0.4, 0.5) is 0 Å². The number of carbonyl (C=O) groups excluding carboxylic acids is 2. The summed E-state index contributed by atoms with van der Waals surface area (Å²) in [6, 6.07) is 5.42. The molecule has 0 aliphatic heterocycles. The SMILES string of the molecule is CC(C)(C)C(=O)NCc1ccc(C(=O)CSc2ncccn2)s1. The van der Waals surface area contributed by atoms with Crippen molar-refractivity contribution in [2.45, 2.75) is 32.5 Å². The monoisotopic (exact) mass is 349 g/mol. The molecule has 2 heterocycles. The molecule has 23 heavy (non-hydrogen) atoms. The maximum Gasteiger partial charge on any atom is 0.225 e. The zero-order valence-electron chi connectivity index (χ0n) is 13.3. The Morgan fingerprint density at radius 3 is 2.57 bits per heavy atom. The van der Waals surface area contributed by atoms with Gasteiger partial charge in [0.05, 0.1) is 17.2 Å². The van der Waals surface area contributed by atoms with Crippen molar-refractivity contribution >= 4 is 34.8 Å². The second-order valence-electron chi connectivity index (χ2n) is 5.94. The number of hydrogen-bond donors (Lipinski definition) is 1. The van der Waals surface area contributed by atoms with E-state index in [1.54, 1.807) is 24.5 Å². The quantitative estimate of drug-likeness (QED) is 0.493. The van der Waals surface area contributed by atoms with Gasteiger partial charge in [-0.15, -0.1) is 11.3 Å². The summed E-state index contributed by atoms with van der Waals surface area (Å²) in [5.41, 5.74) is -0.414. The molecule has 0 atom stereocenters. The molecule has 0 aromatic carbocycles. The van der Waals surface area contributed by atoms with E-state index < -0.39 is 5.41 Å². The topological polar surface area (TPSA) is 72.0 Å². The predicted octanol–water partition coefficient (Wildman–Crippen LogP) is 3.18. The first-order valence-electron chi connectivity index (χ1n) is 7.16. The largest absolute Gasteiger partial charge is 0.351 e. The van der Waals surface area contributed by atoms with Crippen LogP contribution in [0.1, 0.15) is 35.3 Å². The predicted molar refractivity (Wildman–Crippen MR) is 92.7 cm³/mol. The Morgan fingerprint density at radius 2 is 1.91 bits per heavy atom. The summed E-state index contributed by atoms with van der Waals surface area (Å²) in [5, 5.41) is 3.48. The van der Waals surface area contributed by atoms with Crippen LogP contribution >= 0.6 is 23.1 Å². The van der Waals surface area contributed by atoms with E-state index in [9.17, 15) is 9.59 Å². The molecule has 0 aliphatic carbocycles. The standard InChI is InChI=1S/C16H19N3O2S2/c1-16(2,3)14(21)19-9-11-5-6-13(23-11)12(20)10-22-15-17-7-4-8-18-15/h4-8H,9-10H2,1-3H3,(H,19,21). The summed E-state index contributed by atoms with van der Waals surface area (Å²) in [6.45, 7) is 6.06. The zero-order valence-corrected chi connectivity index (χ0v) is 15.0. The highest BCUT2D eigenvalue weighted by atomic mass is 32.2. The first kappa shape index (κ1) is 17.6. The molecule has 0 aliphatic rings. The van der Waals surface area contributed by atoms with Crippen LogP contribution in [-0.2, 0) is 11.3 Å². The first-order chi connectivity index (χ1) is 10.9. The number of thiophene rings is 1. The Bertz CT molecular complexity index is 678. The third-order valence-corrected chi connectivity index (χ3v) is 4.92. The van der Waals surface area contributed by atoms with Gasteiger partial charge >= 0.3 is 0 Å². The molecule has 0 spiro atoms. The van der Waals surface area contributed by atoms with Gasteiger partial charge in [0.15, 0.2) is 10.9 Å². The van der Waals surface area contributed by atoms with E-state index >= 15 is 0 Å². The van der Waals surface area contributed by atoms with E-state index in [0.717, 1.165) is 4.88 Å². The minimum atomic E-state index is -0.414. The third-order valence-electron chi connectivity index (χ3n) is 2.92. The lowest BCUT2D eigenvalue weighted by molar-refractivity contribution is -0.128. The fourth-order valence-electron chi connectivity index (χ4n) is 1.62. The maximum atomic E-state index is 12.2. The fraction of sp³-hybridized carbons (Fsp3) is 0.375. The fourth-order valence-corrected chi connectivity index (χ4v) is 3.28. The van der Waals surface area contributed by atoms with Crippen LogP contribution in [0.3, 0.4) is 0 Å². The Kier molecular flexibility index (Phi) is 5.90. The number of hydrogen-bond acceptors (Lipinski definition) is 6. The molecule has 0 saturated carbocycles. The molecule has 5 nitrogen and oxygen atoms in total. The Morgan fingerprint density at radius 1 is 1.22 bits per heavy atom. The molecule has 7 heteroatoms. The van der Waals surface area contributed by atoms with Gasteiger partial charge in [0.2, 0.25) is 5.91 Å². The highest BCUT2D eigenvalue weighted by Crippen LogP contribution is 2.21. The maximum absolute atomic E-state index is 12.2. The molecule has 0 saturated heterocycles. The number of carbonyl (C=O) groups is 2. The smallest absolute Gasteiger partial charge is 0.225 e. The normalized spacial score (nSPS) is 11.3. The molecule has 0 fully saturated rings. The molecule has 0 radical (unpaired) electrons. The average Bonchev–Trinajstić information content (AvgIpc) is 2.99. The minimum absolute atomic E-state index is 0.00411. The van der Waals surface area contributed by atoms with E-state index in [4.69, 9.17) is 0 Å². The lowest BCUT2D eigenvalue weighted by atomic mass is 9.96. The highest BCUT2D eigenvalue weighted by molar-refractivity contribution is 7.99. The summed E-state index contributed by atoms with van der Waals surface area (Å²) in [4.78, 5) is 33.8. The summed E-state index contributed by atoms with van der Waals surface area (Å²) < 4.78 is 0. The molecular formula is C16H19N3O2S2. The van der Waals surface area contributed by atoms with Gasteiger partial charge in [0.25, 0.3) is 0 Å². The van der Waals surface area contributed by atoms with Crippen molar-refractivity contribution in [2.24, 2.45) is 5.41 Å². The lowest BCUT2D eigenvalue weighted by Gasteiger charge is -2.17. The summed E-state index contributed by atoms with van der Waals surface area (Å²) in [7, 11) is 0. The van der Waals surface area contributed by atoms with Gasteiger partial charge in [-0.05, 0) is 18.2 Å². The zero-order chi connectivity index (χ0) is 16.9. The Hall–Kier alpha value is -1.73. The second kappa shape index (κ2) is 7.70. The van der Waals surface area contributed by atoms with Crippen LogP contribution in [0, 0.1) is 5.41 Å². The minimum Gasteiger partial charge on any atom is -0.351 e. The Labute approximate surface area is 143 Å². The number of rotatable bonds is 6. The van der Waals surface area contributed by atoms with Crippen LogP contribution < -0.4 is 5.32 Å². The van der Waals surface area contributed by atoms with E-state index in [-0.39, 0.29) is 11.7 Å². The van der Waals surface area contributed by atoms with Crippen molar-refractivity contribution in [3.05, 3.63) is 40.3 Å². The van der Waals surface area contributed by atoms with Crippen molar-refractivity contribution in [2.75, 3.05) is 5.75 Å². The van der Waals surface area contributed by atoms with Gasteiger partial charge < -0.3 is 5.32 Å². The molecule has 2 aromatic rings. The van der Waals surface area contributed by atoms with Crippen molar-refractivity contribution in [1.29, 1.82) is 0 Å². The van der Waals surface area contributed by atoms with Gasteiger partial charge in [-0.2, -0.15) is 0 Å². The van der Waals surface area contributed by atoms with Crippen molar-refractivity contribution in [3.8, 4) is 0 Å². The van der Waals surface area contributed by atoms with E-state index in [1.165, 1.54) is 23.1 Å². The third kappa shape index (κ3) is 5.44. The lowest BCUT2D eigenvalue weighted by Crippen LogP contribution is -2.34. The summed E-state index contributed by atoms with van der Waals surface area (Å²) in [6.07, 6.45) is 3.31. The molecule has 1 N–H and O–H groups in total. The van der Waals surface area contributed by atoms with Gasteiger partial charge in [-0.3, -0.25) is 9.59 Å². The number of amides is 1. The van der Waals surface area contributed by atoms with Crippen molar-refractivity contribution in [3.63, 3.8) is 0 Å². The van der Waals surface area contributed by atoms with Crippen LogP contribution in [0.25, 0.3) is 0 Å². The first-order valence-corrected chi connectivity index (χ1v) is 8.96. The van der Waals surface area contributed by atoms with Gasteiger partial charge in [0.1, 0.15) is 0 Å². The summed E-state index contributed by atoms with van der Waals surface area (Å²) in [5.74, 6) is 0.342. The second-order valence-corrected chi connectivity index (χ2v) is 8.05. The molecule has 0 unspecified atom stereocenters. The molecule has 122 valence electrons. The van der Waals surface area contributed by atoms with Crippen molar-refractivity contribution in [1.82, 2.24) is 15.3 Å². The van der Waals surface area contributed by atoms with Crippen LogP contribution in [0.15, 0.2) is 35.7 Å². The highest BCUT2D eigenvalue weighted by Gasteiger charge is 2.21. The molecule has 2 rings (SSSR count). The molecule has 2 aromatic heterocycles. The van der Waals surface area contributed by atoms with Crippen molar-refractivity contribution < 1.29 is 9.59 Å². The summed E-state index contributed by atoms with van der Waals surface area (Å²) >= 11 is 2.73. The van der Waals surface area contributed by atoms with E-state index in [0.29, 0.717) is 22.3 Å².